The van der Waals surface area contributed by atoms with E-state index >= 15 is 0 Å². The van der Waals surface area contributed by atoms with E-state index < -0.39 is 5.54 Å². The van der Waals surface area contributed by atoms with Crippen molar-refractivity contribution in [3.63, 3.8) is 0 Å². The molecule has 1 aliphatic carbocycles. The molecule has 0 spiro atoms. The van der Waals surface area contributed by atoms with Crippen LogP contribution in [0, 0.1) is 0 Å². The van der Waals surface area contributed by atoms with Gasteiger partial charge in [0.15, 0.2) is 0 Å². The molecule has 4 aromatic rings. The third kappa shape index (κ3) is 2.85. The number of aliphatic imine (C=N–C) groups is 1. The molecule has 0 saturated heterocycles. The lowest BCUT2D eigenvalue weighted by Crippen LogP contribution is -2.40. The van der Waals surface area contributed by atoms with Gasteiger partial charge in [0, 0.05) is 11.3 Å². The van der Waals surface area contributed by atoms with Gasteiger partial charge in [0.2, 0.25) is 0 Å². The summed E-state index contributed by atoms with van der Waals surface area (Å²) in [5, 5.41) is 6.34. The molecule has 4 aromatic carbocycles. The van der Waals surface area contributed by atoms with Crippen LogP contribution in [0.4, 0.5) is 11.4 Å². The number of nitrogens with zero attached hydrogens (tertiary/aromatic N) is 1. The lowest BCUT2D eigenvalue weighted by atomic mass is 9.85. The van der Waals surface area contributed by atoms with E-state index in [9.17, 15) is 0 Å². The molecule has 2 heteroatoms. The average Bonchev–Trinajstić information content (AvgIpc) is 3.01. The Morgan fingerprint density at radius 3 is 2.21 bits per heavy atom. The Morgan fingerprint density at radius 2 is 1.48 bits per heavy atom. The van der Waals surface area contributed by atoms with Gasteiger partial charge in [-0.1, -0.05) is 78.9 Å². The summed E-state index contributed by atoms with van der Waals surface area (Å²) >= 11 is 0. The van der Waals surface area contributed by atoms with Crippen molar-refractivity contribution in [2.45, 2.75) is 12.0 Å². The summed E-state index contributed by atoms with van der Waals surface area (Å²) in [6.07, 6.45) is 2.72. The molecule has 0 aromatic heterocycles. The first-order valence-electron chi connectivity index (χ1n) is 9.93. The van der Waals surface area contributed by atoms with Crippen molar-refractivity contribution in [2.75, 3.05) is 5.32 Å². The minimum absolute atomic E-state index is 0.470. The van der Waals surface area contributed by atoms with Gasteiger partial charge in [0.25, 0.3) is 0 Å². The number of anilines is 1. The van der Waals surface area contributed by atoms with Gasteiger partial charge in [-0.25, -0.2) is 4.99 Å². The molecule has 1 aliphatic rings. The average molecular weight is 374 g/mol. The largest absolute Gasteiger partial charge is 0.370 e. The third-order valence-corrected chi connectivity index (χ3v) is 5.60. The predicted octanol–water partition coefficient (Wildman–Crippen LogP) is 6.86. The van der Waals surface area contributed by atoms with Gasteiger partial charge in [-0.3, -0.25) is 0 Å². The molecule has 5 rings (SSSR count). The Balaban J connectivity index is 1.81. The summed E-state index contributed by atoms with van der Waals surface area (Å²) in [7, 11) is 0. The first-order valence-corrected chi connectivity index (χ1v) is 9.93. The van der Waals surface area contributed by atoms with Crippen molar-refractivity contribution < 1.29 is 0 Å². The molecule has 0 saturated carbocycles. The predicted molar refractivity (Wildman–Crippen MR) is 123 cm³/mol. The highest BCUT2D eigenvalue weighted by atomic mass is 15.0. The molecular weight excluding hydrogens is 352 g/mol. The molecule has 0 fully saturated rings. The summed E-state index contributed by atoms with van der Waals surface area (Å²) < 4.78 is 0. The molecule has 0 aliphatic heterocycles. The number of para-hydroxylation sites is 2. The van der Waals surface area contributed by atoms with Crippen molar-refractivity contribution in [2.24, 2.45) is 4.99 Å². The second-order valence-electron chi connectivity index (χ2n) is 7.39. The summed E-state index contributed by atoms with van der Waals surface area (Å²) in [4.78, 5) is 5.17. The van der Waals surface area contributed by atoms with Crippen molar-refractivity contribution >= 4 is 27.9 Å². The number of hydrogen-bond donors (Lipinski definition) is 1. The smallest absolute Gasteiger partial charge is 0.110 e. The van der Waals surface area contributed by atoms with Crippen LogP contribution in [0.3, 0.4) is 0 Å². The van der Waals surface area contributed by atoms with Gasteiger partial charge in [-0.2, -0.15) is 0 Å². The number of benzene rings is 4. The molecule has 1 unspecified atom stereocenters. The molecule has 0 amide bonds. The normalized spacial score (nSPS) is 18.8. The first-order chi connectivity index (χ1) is 14.3. The van der Waals surface area contributed by atoms with Gasteiger partial charge < -0.3 is 5.32 Å². The molecule has 2 nitrogen and oxygen atoms in total. The van der Waals surface area contributed by atoms with E-state index in [1.165, 1.54) is 21.9 Å². The van der Waals surface area contributed by atoms with Crippen LogP contribution in [-0.4, -0.2) is 5.71 Å². The maximum absolute atomic E-state index is 5.17. The maximum Gasteiger partial charge on any atom is 0.110 e. The highest BCUT2D eigenvalue weighted by Crippen LogP contribution is 2.46. The first kappa shape index (κ1) is 17.4. The third-order valence-electron chi connectivity index (χ3n) is 5.60. The van der Waals surface area contributed by atoms with Gasteiger partial charge in [0.1, 0.15) is 5.54 Å². The van der Waals surface area contributed by atoms with E-state index in [0.717, 1.165) is 23.5 Å². The molecular formula is C27H22N2. The van der Waals surface area contributed by atoms with E-state index in [0.29, 0.717) is 0 Å². The lowest BCUT2D eigenvalue weighted by Gasteiger charge is -2.33. The van der Waals surface area contributed by atoms with Crippen LogP contribution in [-0.2, 0) is 5.54 Å². The van der Waals surface area contributed by atoms with Crippen LogP contribution in [0.5, 0.6) is 0 Å². The van der Waals surface area contributed by atoms with Crippen LogP contribution in [0.25, 0.3) is 10.8 Å². The molecule has 0 radical (unpaired) electrons. The van der Waals surface area contributed by atoms with Gasteiger partial charge in [-0.05, 0) is 47.0 Å². The van der Waals surface area contributed by atoms with Crippen LogP contribution < -0.4 is 5.32 Å². The van der Waals surface area contributed by atoms with Gasteiger partial charge in [0.05, 0.1) is 11.4 Å². The molecule has 1 N–H and O–H groups in total. The molecule has 29 heavy (non-hydrogen) atoms. The number of hydrogen-bond acceptors (Lipinski definition) is 2. The van der Waals surface area contributed by atoms with Crippen LogP contribution in [0.1, 0.15) is 17.5 Å². The van der Waals surface area contributed by atoms with Crippen molar-refractivity contribution in [1.82, 2.24) is 0 Å². The fourth-order valence-electron chi connectivity index (χ4n) is 4.41. The summed E-state index contributed by atoms with van der Waals surface area (Å²) in [6, 6.07) is 33.6. The van der Waals surface area contributed by atoms with Gasteiger partial charge in [-0.15, -0.1) is 6.58 Å². The standard InChI is InChI=1S/C27H22N2/c1-2-19-27(29-22-15-7-4-8-16-22)24-18-10-12-20-11-9-17-23(25(20)24)26(27)28-21-13-5-3-6-14-21/h2-18,29H,1,19H2. The second kappa shape index (κ2) is 7.06. The van der Waals surface area contributed by atoms with E-state index in [2.05, 4.69) is 84.7 Å². The minimum atomic E-state index is -0.470. The maximum atomic E-state index is 5.17. The fourth-order valence-corrected chi connectivity index (χ4v) is 4.41. The van der Waals surface area contributed by atoms with E-state index in [1.54, 1.807) is 0 Å². The molecule has 0 bridgehead atoms. The quantitative estimate of drug-likeness (QED) is 0.379. The summed E-state index contributed by atoms with van der Waals surface area (Å²) in [5.41, 5.74) is 5.04. The van der Waals surface area contributed by atoms with Crippen LogP contribution >= 0.6 is 0 Å². The molecule has 140 valence electrons. The zero-order valence-corrected chi connectivity index (χ0v) is 16.2. The topological polar surface area (TPSA) is 24.4 Å². The number of rotatable bonds is 5. The van der Waals surface area contributed by atoms with Crippen molar-refractivity contribution in [3.8, 4) is 0 Å². The summed E-state index contributed by atoms with van der Waals surface area (Å²) in [6.45, 7) is 4.08. The fraction of sp³-hybridized carbons (Fsp3) is 0.0741. The Bertz CT molecular complexity index is 1200. The molecule has 1 atom stereocenters. The van der Waals surface area contributed by atoms with E-state index in [1.807, 2.05) is 30.3 Å². The van der Waals surface area contributed by atoms with E-state index in [4.69, 9.17) is 4.99 Å². The van der Waals surface area contributed by atoms with Crippen LogP contribution in [0.2, 0.25) is 0 Å². The SMILES string of the molecule is C=CCC1(Nc2ccccc2)C(=Nc2ccccc2)c2cccc3cccc1c23. The van der Waals surface area contributed by atoms with E-state index in [-0.39, 0.29) is 0 Å². The van der Waals surface area contributed by atoms with Crippen molar-refractivity contribution in [3.05, 3.63) is 121 Å². The Kier molecular flexibility index (Phi) is 4.25. The highest BCUT2D eigenvalue weighted by molar-refractivity contribution is 6.24. The Hall–Kier alpha value is -3.65. The monoisotopic (exact) mass is 374 g/mol. The highest BCUT2D eigenvalue weighted by Gasteiger charge is 2.44. The van der Waals surface area contributed by atoms with Crippen LogP contribution in [0.15, 0.2) is 115 Å². The Morgan fingerprint density at radius 1 is 0.793 bits per heavy atom. The lowest BCUT2D eigenvalue weighted by molar-refractivity contribution is 0.684. The van der Waals surface area contributed by atoms with Crippen molar-refractivity contribution in [1.29, 1.82) is 0 Å². The number of nitrogens with one attached hydrogen (secondary N) is 1. The zero-order chi connectivity index (χ0) is 19.7. The minimum Gasteiger partial charge on any atom is -0.370 e. The second-order valence-corrected chi connectivity index (χ2v) is 7.39. The zero-order valence-electron chi connectivity index (χ0n) is 16.2. The summed E-state index contributed by atoms with van der Waals surface area (Å²) in [5.74, 6) is 0. The van der Waals surface area contributed by atoms with Gasteiger partial charge >= 0.3 is 0 Å². The Labute approximate surface area is 171 Å². The molecule has 0 heterocycles.